The van der Waals surface area contributed by atoms with E-state index in [9.17, 15) is 0 Å². The van der Waals surface area contributed by atoms with Crippen LogP contribution < -0.4 is 0 Å². The van der Waals surface area contributed by atoms with Crippen molar-refractivity contribution in [1.82, 2.24) is 19.9 Å². The van der Waals surface area contributed by atoms with Crippen LogP contribution in [-0.4, -0.2) is 19.9 Å². The second-order valence-corrected chi connectivity index (χ2v) is 8.58. The van der Waals surface area contributed by atoms with E-state index >= 15 is 0 Å². The summed E-state index contributed by atoms with van der Waals surface area (Å²) in [6.07, 6.45) is 8.26. The first-order valence-corrected chi connectivity index (χ1v) is 11.3. The van der Waals surface area contributed by atoms with Crippen molar-refractivity contribution in [3.05, 3.63) is 108 Å². The van der Waals surface area contributed by atoms with Crippen LogP contribution in [0.4, 0.5) is 0 Å². The van der Waals surface area contributed by atoms with E-state index in [0.717, 1.165) is 56.0 Å². The van der Waals surface area contributed by atoms with Crippen LogP contribution in [0.25, 0.3) is 68.3 Å². The van der Waals surface area contributed by atoms with Gasteiger partial charge in [0.2, 0.25) is 0 Å². The topological polar surface area (TPSA) is 57.4 Å². The van der Waals surface area contributed by atoms with Gasteiger partial charge in [-0.1, -0.05) is 42.5 Å². The molecule has 2 aromatic carbocycles. The first kappa shape index (κ1) is 18.8. The van der Waals surface area contributed by atoms with Crippen molar-refractivity contribution in [2.75, 3.05) is 0 Å². The molecule has 0 saturated carbocycles. The molecule has 2 aliphatic rings. The molecule has 2 N–H and O–H groups in total. The van der Waals surface area contributed by atoms with Gasteiger partial charge in [0.05, 0.1) is 22.8 Å². The summed E-state index contributed by atoms with van der Waals surface area (Å²) in [5, 5.41) is 2.41. The Morgan fingerprint density at radius 2 is 1.18 bits per heavy atom. The van der Waals surface area contributed by atoms with Gasteiger partial charge < -0.3 is 9.97 Å². The highest BCUT2D eigenvalue weighted by Gasteiger charge is 2.13. The van der Waals surface area contributed by atoms with E-state index in [2.05, 4.69) is 107 Å². The highest BCUT2D eigenvalue weighted by Crippen LogP contribution is 2.34. The Morgan fingerprint density at radius 3 is 2.00 bits per heavy atom. The zero-order valence-electron chi connectivity index (χ0n) is 18.3. The van der Waals surface area contributed by atoms with Crippen molar-refractivity contribution in [3.8, 4) is 11.1 Å². The molecule has 0 spiro atoms. The SMILES string of the molecule is C1=Cc2cc3ccc([nH]3)c(-c3cccc4ccccc34)c3nc(cc4ccc(cc1n2)[nH]4)C=C3. The van der Waals surface area contributed by atoms with Crippen molar-refractivity contribution >= 4 is 57.1 Å². The molecule has 4 heteroatoms. The van der Waals surface area contributed by atoms with Gasteiger partial charge in [-0.25, -0.2) is 9.97 Å². The summed E-state index contributed by atoms with van der Waals surface area (Å²) in [6, 6.07) is 29.5. The first-order valence-electron chi connectivity index (χ1n) is 11.3. The van der Waals surface area contributed by atoms with Crippen LogP contribution in [-0.2, 0) is 0 Å². The number of hydrogen-bond acceptors (Lipinski definition) is 2. The predicted octanol–water partition coefficient (Wildman–Crippen LogP) is 7.48. The minimum absolute atomic E-state index is 0.917. The second kappa shape index (κ2) is 7.42. The molecule has 0 amide bonds. The minimum Gasteiger partial charge on any atom is -0.355 e. The molecule has 2 aliphatic heterocycles. The molecule has 8 bridgehead atoms. The third-order valence-electron chi connectivity index (χ3n) is 6.28. The van der Waals surface area contributed by atoms with Gasteiger partial charge >= 0.3 is 0 Å². The fourth-order valence-corrected chi connectivity index (χ4v) is 4.74. The quantitative estimate of drug-likeness (QED) is 0.280. The highest BCUT2D eigenvalue weighted by atomic mass is 14.8. The molecule has 7 rings (SSSR count). The van der Waals surface area contributed by atoms with E-state index in [1.807, 2.05) is 12.2 Å². The Labute approximate surface area is 196 Å². The molecule has 34 heavy (non-hydrogen) atoms. The number of H-pyrrole nitrogens is 2. The van der Waals surface area contributed by atoms with E-state index in [-0.39, 0.29) is 0 Å². The summed E-state index contributed by atoms with van der Waals surface area (Å²) in [4.78, 5) is 16.8. The molecule has 5 aromatic rings. The molecular formula is C30H20N4. The molecule has 5 heterocycles. The van der Waals surface area contributed by atoms with Crippen LogP contribution in [0.5, 0.6) is 0 Å². The first-order chi connectivity index (χ1) is 16.8. The van der Waals surface area contributed by atoms with E-state index in [0.29, 0.717) is 0 Å². The van der Waals surface area contributed by atoms with Crippen molar-refractivity contribution in [1.29, 1.82) is 0 Å². The lowest BCUT2D eigenvalue weighted by atomic mass is 9.97. The smallest absolute Gasteiger partial charge is 0.0737 e. The molecule has 0 radical (unpaired) electrons. The van der Waals surface area contributed by atoms with Crippen LogP contribution in [0.2, 0.25) is 0 Å². The Morgan fingerprint density at radius 1 is 0.529 bits per heavy atom. The number of rotatable bonds is 1. The van der Waals surface area contributed by atoms with Crippen molar-refractivity contribution in [2.24, 2.45) is 0 Å². The largest absolute Gasteiger partial charge is 0.355 e. The number of nitrogens with zero attached hydrogens (tertiary/aromatic N) is 2. The highest BCUT2D eigenvalue weighted by molar-refractivity contribution is 6.03. The number of fused-ring (bicyclic) bond motifs is 9. The summed E-state index contributed by atoms with van der Waals surface area (Å²) in [5.41, 5.74) is 10.00. The van der Waals surface area contributed by atoms with E-state index < -0.39 is 0 Å². The average molecular weight is 437 g/mol. The van der Waals surface area contributed by atoms with Gasteiger partial charge in [0, 0.05) is 27.6 Å². The van der Waals surface area contributed by atoms with Gasteiger partial charge in [0.1, 0.15) is 0 Å². The average Bonchev–Trinajstić information content (AvgIpc) is 3.65. The lowest BCUT2D eigenvalue weighted by Gasteiger charge is -2.08. The lowest BCUT2D eigenvalue weighted by molar-refractivity contribution is 1.31. The summed E-state index contributed by atoms with van der Waals surface area (Å²) in [6.45, 7) is 0. The molecule has 0 atom stereocenters. The fourth-order valence-electron chi connectivity index (χ4n) is 4.74. The molecule has 0 unspecified atom stereocenters. The second-order valence-electron chi connectivity index (χ2n) is 8.58. The number of nitrogens with one attached hydrogen (secondary N) is 2. The van der Waals surface area contributed by atoms with Crippen LogP contribution in [0.3, 0.4) is 0 Å². The summed E-state index contributed by atoms with van der Waals surface area (Å²) >= 11 is 0. The van der Waals surface area contributed by atoms with Gasteiger partial charge in [-0.3, -0.25) is 0 Å². The summed E-state index contributed by atoms with van der Waals surface area (Å²) in [7, 11) is 0. The van der Waals surface area contributed by atoms with Crippen LogP contribution in [0.15, 0.2) is 84.9 Å². The van der Waals surface area contributed by atoms with Gasteiger partial charge in [0.15, 0.2) is 0 Å². The van der Waals surface area contributed by atoms with Gasteiger partial charge in [-0.05, 0) is 83.1 Å². The van der Waals surface area contributed by atoms with E-state index in [4.69, 9.17) is 9.97 Å². The number of hydrogen-bond donors (Lipinski definition) is 2. The van der Waals surface area contributed by atoms with Crippen LogP contribution in [0, 0.1) is 0 Å². The summed E-state index contributed by atoms with van der Waals surface area (Å²) < 4.78 is 0. The number of benzene rings is 2. The van der Waals surface area contributed by atoms with Gasteiger partial charge in [0.25, 0.3) is 0 Å². The van der Waals surface area contributed by atoms with Crippen molar-refractivity contribution < 1.29 is 0 Å². The maximum Gasteiger partial charge on any atom is 0.0737 e. The van der Waals surface area contributed by atoms with Gasteiger partial charge in [-0.15, -0.1) is 0 Å². The van der Waals surface area contributed by atoms with E-state index in [1.165, 1.54) is 10.8 Å². The van der Waals surface area contributed by atoms with Crippen LogP contribution >= 0.6 is 0 Å². The maximum atomic E-state index is 5.02. The third kappa shape index (κ3) is 3.24. The van der Waals surface area contributed by atoms with Gasteiger partial charge in [-0.2, -0.15) is 0 Å². The normalized spacial score (nSPS) is 12.5. The van der Waals surface area contributed by atoms with Crippen molar-refractivity contribution in [3.63, 3.8) is 0 Å². The molecule has 0 aliphatic carbocycles. The predicted molar refractivity (Wildman–Crippen MR) is 142 cm³/mol. The number of aromatic nitrogens is 4. The molecule has 3 aromatic heterocycles. The Balaban J connectivity index is 1.62. The Bertz CT molecular complexity index is 1810. The maximum absolute atomic E-state index is 5.02. The lowest BCUT2D eigenvalue weighted by Crippen LogP contribution is -1.87. The Kier molecular flexibility index (Phi) is 4.11. The molecule has 0 fully saturated rings. The fraction of sp³-hybridized carbons (Fsp3) is 0. The number of aromatic amines is 2. The molecule has 0 saturated heterocycles. The van der Waals surface area contributed by atoms with Crippen LogP contribution in [0.1, 0.15) is 22.8 Å². The van der Waals surface area contributed by atoms with E-state index in [1.54, 1.807) is 0 Å². The molecular weight excluding hydrogens is 416 g/mol. The molecule has 4 nitrogen and oxygen atoms in total. The molecule has 160 valence electrons. The monoisotopic (exact) mass is 436 g/mol. The van der Waals surface area contributed by atoms with Crippen molar-refractivity contribution in [2.45, 2.75) is 0 Å². The standard InChI is InChI=1S/C30H20N4/c1-2-6-26-19(4-1)5-3-7-27(26)30-28-14-12-24(33-28)17-22-10-8-20(31-22)16-21-9-11-23(32-21)18-25-13-15-29(30)34-25/h1-18,31,34H. The Hall–Kier alpha value is -4.70. The zero-order valence-corrected chi connectivity index (χ0v) is 18.3. The summed E-state index contributed by atoms with van der Waals surface area (Å²) in [5.74, 6) is 0. The third-order valence-corrected chi connectivity index (χ3v) is 6.28. The minimum atomic E-state index is 0.917. The zero-order chi connectivity index (χ0) is 22.5.